The lowest BCUT2D eigenvalue weighted by Gasteiger charge is -2.07. The SMILES string of the molecule is N#CC(Nc1cccc(F)c1)C(=O)O. The van der Waals surface area contributed by atoms with Gasteiger partial charge in [-0.15, -0.1) is 0 Å². The molecule has 72 valence electrons. The standard InChI is InChI=1S/C9H7FN2O2/c10-6-2-1-3-7(4-6)12-8(5-11)9(13)14/h1-4,8,12H,(H,13,14). The Hall–Kier alpha value is -2.09. The van der Waals surface area contributed by atoms with Gasteiger partial charge in [-0.1, -0.05) is 6.07 Å². The van der Waals surface area contributed by atoms with Gasteiger partial charge in [-0.05, 0) is 18.2 Å². The fourth-order valence-electron chi connectivity index (χ4n) is 0.894. The van der Waals surface area contributed by atoms with Crippen LogP contribution < -0.4 is 5.32 Å². The summed E-state index contributed by atoms with van der Waals surface area (Å²) < 4.78 is 12.7. The fraction of sp³-hybridized carbons (Fsp3) is 0.111. The van der Waals surface area contributed by atoms with Crippen LogP contribution in [0.5, 0.6) is 0 Å². The molecular weight excluding hydrogens is 187 g/mol. The highest BCUT2D eigenvalue weighted by atomic mass is 19.1. The van der Waals surface area contributed by atoms with E-state index >= 15 is 0 Å². The molecule has 0 radical (unpaired) electrons. The quantitative estimate of drug-likeness (QED) is 0.758. The third-order valence-electron chi connectivity index (χ3n) is 1.51. The first-order valence-corrected chi connectivity index (χ1v) is 3.78. The van der Waals surface area contributed by atoms with Gasteiger partial charge >= 0.3 is 5.97 Å². The highest BCUT2D eigenvalue weighted by Crippen LogP contribution is 2.10. The van der Waals surface area contributed by atoms with Crippen molar-refractivity contribution >= 4 is 11.7 Å². The predicted octanol–water partition coefficient (Wildman–Crippen LogP) is 1.21. The Morgan fingerprint density at radius 2 is 2.36 bits per heavy atom. The van der Waals surface area contributed by atoms with Gasteiger partial charge in [0, 0.05) is 5.69 Å². The second kappa shape index (κ2) is 4.23. The molecule has 1 rings (SSSR count). The molecule has 2 N–H and O–H groups in total. The van der Waals surface area contributed by atoms with E-state index in [1.165, 1.54) is 24.3 Å². The first-order valence-electron chi connectivity index (χ1n) is 3.78. The molecule has 0 saturated heterocycles. The fourth-order valence-corrected chi connectivity index (χ4v) is 0.894. The topological polar surface area (TPSA) is 73.1 Å². The molecule has 0 bridgehead atoms. The number of carboxylic acids is 1. The number of benzene rings is 1. The van der Waals surface area contributed by atoms with Gasteiger partial charge in [-0.3, -0.25) is 0 Å². The molecule has 0 aliphatic carbocycles. The molecule has 1 aromatic rings. The summed E-state index contributed by atoms with van der Waals surface area (Å²) in [5.74, 6) is -1.78. The maximum Gasteiger partial charge on any atom is 0.341 e. The molecule has 0 heterocycles. The number of hydrogen-bond acceptors (Lipinski definition) is 3. The largest absolute Gasteiger partial charge is 0.479 e. The molecule has 0 spiro atoms. The van der Waals surface area contributed by atoms with Crippen molar-refractivity contribution in [2.24, 2.45) is 0 Å². The Morgan fingerprint density at radius 3 is 2.86 bits per heavy atom. The number of rotatable bonds is 3. The average molecular weight is 194 g/mol. The number of halogens is 1. The third kappa shape index (κ3) is 2.45. The summed E-state index contributed by atoms with van der Waals surface area (Å²) in [7, 11) is 0. The zero-order valence-electron chi connectivity index (χ0n) is 7.07. The summed E-state index contributed by atoms with van der Waals surface area (Å²) in [6, 6.07) is 5.43. The van der Waals surface area contributed by atoms with Gasteiger partial charge in [0.25, 0.3) is 0 Å². The number of carboxylic acid groups (broad SMARTS) is 1. The summed E-state index contributed by atoms with van der Waals surface area (Å²) in [6.45, 7) is 0. The number of anilines is 1. The summed E-state index contributed by atoms with van der Waals surface area (Å²) in [6.07, 6.45) is 0. The van der Waals surface area contributed by atoms with Crippen LogP contribution in [0.3, 0.4) is 0 Å². The van der Waals surface area contributed by atoms with E-state index < -0.39 is 17.8 Å². The molecule has 0 aromatic heterocycles. The van der Waals surface area contributed by atoms with Crippen molar-refractivity contribution in [1.82, 2.24) is 0 Å². The van der Waals surface area contributed by atoms with Crippen LogP contribution in [0.25, 0.3) is 0 Å². The van der Waals surface area contributed by atoms with Gasteiger partial charge < -0.3 is 10.4 Å². The Balaban J connectivity index is 2.78. The minimum atomic E-state index is -1.36. The van der Waals surface area contributed by atoms with Crippen molar-refractivity contribution in [3.8, 4) is 6.07 Å². The van der Waals surface area contributed by atoms with Crippen LogP contribution in [-0.4, -0.2) is 17.1 Å². The second-order valence-corrected chi connectivity index (χ2v) is 2.56. The van der Waals surface area contributed by atoms with Gasteiger partial charge in [0.15, 0.2) is 0 Å². The number of carbonyl (C=O) groups is 1. The van der Waals surface area contributed by atoms with Crippen molar-refractivity contribution in [3.63, 3.8) is 0 Å². The lowest BCUT2D eigenvalue weighted by atomic mass is 10.2. The van der Waals surface area contributed by atoms with E-state index in [1.807, 2.05) is 0 Å². The molecule has 0 aliphatic heterocycles. The van der Waals surface area contributed by atoms with Crippen molar-refractivity contribution in [1.29, 1.82) is 5.26 Å². The monoisotopic (exact) mass is 194 g/mol. The zero-order chi connectivity index (χ0) is 10.6. The summed E-state index contributed by atoms with van der Waals surface area (Å²) >= 11 is 0. The number of aliphatic carboxylic acids is 1. The Labute approximate surface area is 79.6 Å². The molecule has 0 aliphatic rings. The molecule has 0 amide bonds. The van der Waals surface area contributed by atoms with E-state index in [0.717, 1.165) is 6.07 Å². The van der Waals surface area contributed by atoms with E-state index in [4.69, 9.17) is 10.4 Å². The molecule has 1 unspecified atom stereocenters. The summed E-state index contributed by atoms with van der Waals surface area (Å²) in [4.78, 5) is 10.4. The van der Waals surface area contributed by atoms with Crippen LogP contribution in [0.4, 0.5) is 10.1 Å². The van der Waals surface area contributed by atoms with Crippen molar-refractivity contribution in [3.05, 3.63) is 30.1 Å². The second-order valence-electron chi connectivity index (χ2n) is 2.56. The normalized spacial score (nSPS) is 11.4. The van der Waals surface area contributed by atoms with Crippen LogP contribution in [0, 0.1) is 17.1 Å². The van der Waals surface area contributed by atoms with E-state index in [1.54, 1.807) is 0 Å². The molecule has 4 nitrogen and oxygen atoms in total. The number of hydrogen-bond donors (Lipinski definition) is 2. The number of nitriles is 1. The van der Waals surface area contributed by atoms with E-state index in [9.17, 15) is 9.18 Å². The van der Waals surface area contributed by atoms with Crippen LogP contribution in [-0.2, 0) is 4.79 Å². The van der Waals surface area contributed by atoms with Crippen LogP contribution in [0.15, 0.2) is 24.3 Å². The summed E-state index contributed by atoms with van der Waals surface area (Å²) in [5.41, 5.74) is 0.263. The lowest BCUT2D eigenvalue weighted by Crippen LogP contribution is -2.27. The molecule has 5 heteroatoms. The predicted molar refractivity (Wildman–Crippen MR) is 47.1 cm³/mol. The lowest BCUT2D eigenvalue weighted by molar-refractivity contribution is -0.136. The van der Waals surface area contributed by atoms with Crippen molar-refractivity contribution in [2.75, 3.05) is 5.32 Å². The van der Waals surface area contributed by atoms with E-state index in [0.29, 0.717) is 0 Å². The highest BCUT2D eigenvalue weighted by molar-refractivity contribution is 5.80. The van der Waals surface area contributed by atoms with E-state index in [-0.39, 0.29) is 5.69 Å². The Bertz CT molecular complexity index is 387. The minimum absolute atomic E-state index is 0.263. The average Bonchev–Trinajstić information content (AvgIpc) is 2.14. The summed E-state index contributed by atoms with van der Waals surface area (Å²) in [5, 5.41) is 19.3. The first-order chi connectivity index (χ1) is 6.63. The molecule has 0 saturated carbocycles. The van der Waals surface area contributed by atoms with Gasteiger partial charge in [0.05, 0.1) is 6.07 Å². The van der Waals surface area contributed by atoms with Gasteiger partial charge in [0.2, 0.25) is 6.04 Å². The Kier molecular flexibility index (Phi) is 3.02. The maximum absolute atomic E-state index is 12.7. The molecule has 1 atom stereocenters. The van der Waals surface area contributed by atoms with Crippen LogP contribution >= 0.6 is 0 Å². The van der Waals surface area contributed by atoms with Crippen LogP contribution in [0.1, 0.15) is 0 Å². The van der Waals surface area contributed by atoms with Gasteiger partial charge in [0.1, 0.15) is 5.82 Å². The zero-order valence-corrected chi connectivity index (χ0v) is 7.07. The molecular formula is C9H7FN2O2. The van der Waals surface area contributed by atoms with Gasteiger partial charge in [-0.2, -0.15) is 5.26 Å². The van der Waals surface area contributed by atoms with E-state index in [2.05, 4.69) is 5.32 Å². The highest BCUT2D eigenvalue weighted by Gasteiger charge is 2.15. The van der Waals surface area contributed by atoms with Crippen molar-refractivity contribution < 1.29 is 14.3 Å². The van der Waals surface area contributed by atoms with Crippen LogP contribution in [0.2, 0.25) is 0 Å². The molecule has 1 aromatic carbocycles. The molecule has 14 heavy (non-hydrogen) atoms. The number of nitrogens with zero attached hydrogens (tertiary/aromatic N) is 1. The minimum Gasteiger partial charge on any atom is -0.479 e. The smallest absolute Gasteiger partial charge is 0.341 e. The first kappa shape index (κ1) is 9.99. The van der Waals surface area contributed by atoms with Gasteiger partial charge in [-0.25, -0.2) is 9.18 Å². The third-order valence-corrected chi connectivity index (χ3v) is 1.51. The van der Waals surface area contributed by atoms with Crippen molar-refractivity contribution in [2.45, 2.75) is 6.04 Å². The maximum atomic E-state index is 12.7. The Morgan fingerprint density at radius 1 is 1.64 bits per heavy atom. The number of nitrogens with one attached hydrogen (secondary N) is 1. The molecule has 0 fully saturated rings.